The number of hydrogen-bond donors (Lipinski definition) is 3. The number of carbonyl (C=O) groups excluding carboxylic acids is 1. The van der Waals surface area contributed by atoms with Gasteiger partial charge < -0.3 is 15.6 Å². The van der Waals surface area contributed by atoms with Crippen LogP contribution in [-0.2, 0) is 11.8 Å². The monoisotopic (exact) mass is 379 g/mol. The number of aromatic amines is 1. The van der Waals surface area contributed by atoms with Crippen molar-refractivity contribution in [1.29, 1.82) is 0 Å². The topological polar surface area (TPSA) is 101 Å². The molecule has 0 atom stereocenters. The van der Waals surface area contributed by atoms with E-state index < -0.39 is 0 Å². The van der Waals surface area contributed by atoms with Gasteiger partial charge in [0.1, 0.15) is 5.52 Å². The number of aryl methyl sites for hydroxylation is 1. The SMILES string of the molecule is C=CC(=O)CC1CCC(Nc2nc(Nc3cnn(C)c3)nc3cc[nH]c23)CC1. The Morgan fingerprint density at radius 1 is 1.36 bits per heavy atom. The van der Waals surface area contributed by atoms with Crippen LogP contribution in [0.1, 0.15) is 32.1 Å². The van der Waals surface area contributed by atoms with Crippen molar-refractivity contribution in [3.63, 3.8) is 0 Å². The minimum Gasteiger partial charge on any atom is -0.365 e. The molecule has 1 saturated carbocycles. The van der Waals surface area contributed by atoms with Crippen LogP contribution in [-0.4, -0.2) is 36.6 Å². The summed E-state index contributed by atoms with van der Waals surface area (Å²) in [5.41, 5.74) is 2.60. The summed E-state index contributed by atoms with van der Waals surface area (Å²) >= 11 is 0. The van der Waals surface area contributed by atoms with E-state index in [1.807, 2.05) is 25.5 Å². The van der Waals surface area contributed by atoms with Crippen LogP contribution in [0.3, 0.4) is 0 Å². The third-order valence-corrected chi connectivity index (χ3v) is 5.27. The summed E-state index contributed by atoms with van der Waals surface area (Å²) in [5, 5.41) is 11.0. The highest BCUT2D eigenvalue weighted by molar-refractivity contribution is 5.89. The van der Waals surface area contributed by atoms with Gasteiger partial charge in [-0.15, -0.1) is 0 Å². The van der Waals surface area contributed by atoms with E-state index in [0.29, 0.717) is 24.3 Å². The van der Waals surface area contributed by atoms with Gasteiger partial charge in [0, 0.05) is 31.9 Å². The molecule has 0 bridgehead atoms. The van der Waals surface area contributed by atoms with Crippen LogP contribution in [0.5, 0.6) is 0 Å². The van der Waals surface area contributed by atoms with Crippen molar-refractivity contribution in [2.75, 3.05) is 10.6 Å². The van der Waals surface area contributed by atoms with Gasteiger partial charge in [0.15, 0.2) is 11.6 Å². The van der Waals surface area contributed by atoms with Gasteiger partial charge in [-0.3, -0.25) is 9.48 Å². The third-order valence-electron chi connectivity index (χ3n) is 5.27. The highest BCUT2D eigenvalue weighted by Gasteiger charge is 2.23. The molecular weight excluding hydrogens is 354 g/mol. The van der Waals surface area contributed by atoms with Gasteiger partial charge in [0.05, 0.1) is 17.4 Å². The zero-order valence-corrected chi connectivity index (χ0v) is 16.0. The number of fused-ring (bicyclic) bond motifs is 1. The molecule has 0 saturated heterocycles. The molecule has 4 rings (SSSR count). The van der Waals surface area contributed by atoms with E-state index in [9.17, 15) is 4.79 Å². The molecule has 0 unspecified atom stereocenters. The molecule has 0 spiro atoms. The Morgan fingerprint density at radius 3 is 2.89 bits per heavy atom. The molecule has 0 aliphatic heterocycles. The van der Waals surface area contributed by atoms with Gasteiger partial charge in [-0.05, 0) is 43.7 Å². The molecule has 3 N–H and O–H groups in total. The van der Waals surface area contributed by atoms with Crippen molar-refractivity contribution in [1.82, 2.24) is 24.7 Å². The molecular formula is C20H25N7O. The summed E-state index contributed by atoms with van der Waals surface area (Å²) in [4.78, 5) is 24.1. The van der Waals surface area contributed by atoms with Crippen molar-refractivity contribution in [2.24, 2.45) is 13.0 Å². The van der Waals surface area contributed by atoms with Crippen LogP contribution in [0.25, 0.3) is 11.0 Å². The van der Waals surface area contributed by atoms with E-state index >= 15 is 0 Å². The number of hydrogen-bond acceptors (Lipinski definition) is 6. The molecule has 3 heterocycles. The quantitative estimate of drug-likeness (QED) is 0.543. The number of nitrogens with zero attached hydrogens (tertiary/aromatic N) is 4. The Kier molecular flexibility index (Phi) is 5.10. The Balaban J connectivity index is 1.47. The molecule has 146 valence electrons. The Morgan fingerprint density at radius 2 is 2.18 bits per heavy atom. The fraction of sp³-hybridized carbons (Fsp3) is 0.400. The second-order valence-corrected chi connectivity index (χ2v) is 7.40. The minimum atomic E-state index is 0.145. The number of H-pyrrole nitrogens is 1. The normalized spacial score (nSPS) is 19.5. The van der Waals surface area contributed by atoms with Crippen LogP contribution in [0.4, 0.5) is 17.5 Å². The number of carbonyl (C=O) groups is 1. The molecule has 3 aromatic rings. The Bertz CT molecular complexity index is 982. The lowest BCUT2D eigenvalue weighted by molar-refractivity contribution is -0.115. The maximum Gasteiger partial charge on any atom is 0.229 e. The number of ketones is 1. The van der Waals surface area contributed by atoms with E-state index in [1.165, 1.54) is 6.08 Å². The van der Waals surface area contributed by atoms with E-state index in [-0.39, 0.29) is 5.78 Å². The van der Waals surface area contributed by atoms with Crippen molar-refractivity contribution in [3.05, 3.63) is 37.3 Å². The van der Waals surface area contributed by atoms with E-state index in [4.69, 9.17) is 0 Å². The van der Waals surface area contributed by atoms with Crippen LogP contribution in [0.2, 0.25) is 0 Å². The summed E-state index contributed by atoms with van der Waals surface area (Å²) in [6.07, 6.45) is 11.7. The highest BCUT2D eigenvalue weighted by atomic mass is 16.1. The lowest BCUT2D eigenvalue weighted by atomic mass is 9.83. The molecule has 8 nitrogen and oxygen atoms in total. The number of nitrogens with one attached hydrogen (secondary N) is 3. The standard InChI is InChI=1S/C20H25N7O/c1-3-16(28)10-13-4-6-14(7-5-13)23-19-18-17(8-9-21-18)25-20(26-19)24-15-11-22-27(2)12-15/h3,8-9,11-14,21H,1,4-7,10H2,2H3,(H2,23,24,25,26). The van der Waals surface area contributed by atoms with Crippen LogP contribution >= 0.6 is 0 Å². The zero-order valence-electron chi connectivity index (χ0n) is 16.0. The first kappa shape index (κ1) is 18.2. The molecule has 1 aliphatic carbocycles. The van der Waals surface area contributed by atoms with Crippen LogP contribution in [0.15, 0.2) is 37.3 Å². The molecule has 0 aromatic carbocycles. The minimum absolute atomic E-state index is 0.145. The first-order valence-corrected chi connectivity index (χ1v) is 9.63. The van der Waals surface area contributed by atoms with Crippen molar-refractivity contribution in [3.8, 4) is 0 Å². The van der Waals surface area contributed by atoms with Crippen LogP contribution in [0, 0.1) is 5.92 Å². The number of anilines is 3. The van der Waals surface area contributed by atoms with E-state index in [2.05, 4.69) is 37.3 Å². The maximum atomic E-state index is 11.6. The zero-order chi connectivity index (χ0) is 19.5. The molecule has 0 radical (unpaired) electrons. The summed E-state index contributed by atoms with van der Waals surface area (Å²) in [7, 11) is 1.87. The van der Waals surface area contributed by atoms with Gasteiger partial charge >= 0.3 is 0 Å². The average Bonchev–Trinajstić information content (AvgIpc) is 3.32. The molecule has 0 amide bonds. The number of allylic oxidation sites excluding steroid dienone is 1. The smallest absolute Gasteiger partial charge is 0.229 e. The van der Waals surface area contributed by atoms with Gasteiger partial charge in [-0.2, -0.15) is 10.1 Å². The first-order valence-electron chi connectivity index (χ1n) is 9.63. The Labute approximate surface area is 163 Å². The highest BCUT2D eigenvalue weighted by Crippen LogP contribution is 2.30. The average molecular weight is 379 g/mol. The predicted octanol–water partition coefficient (Wildman–Crippen LogP) is 3.55. The Hall–Kier alpha value is -3.16. The molecule has 28 heavy (non-hydrogen) atoms. The summed E-state index contributed by atoms with van der Waals surface area (Å²) < 4.78 is 1.73. The lowest BCUT2D eigenvalue weighted by Gasteiger charge is -2.29. The van der Waals surface area contributed by atoms with Gasteiger partial charge in [-0.25, -0.2) is 4.98 Å². The van der Waals surface area contributed by atoms with E-state index in [0.717, 1.165) is 48.2 Å². The number of rotatable bonds is 7. The summed E-state index contributed by atoms with van der Waals surface area (Å²) in [6.45, 7) is 3.57. The van der Waals surface area contributed by atoms with Crippen molar-refractivity contribution < 1.29 is 4.79 Å². The van der Waals surface area contributed by atoms with Gasteiger partial charge in [0.25, 0.3) is 0 Å². The van der Waals surface area contributed by atoms with Crippen molar-refractivity contribution >= 4 is 34.3 Å². The lowest BCUT2D eigenvalue weighted by Crippen LogP contribution is -2.27. The summed E-state index contributed by atoms with van der Waals surface area (Å²) in [6, 6.07) is 2.27. The second-order valence-electron chi connectivity index (χ2n) is 7.40. The first-order chi connectivity index (χ1) is 13.6. The fourth-order valence-electron chi connectivity index (χ4n) is 3.79. The van der Waals surface area contributed by atoms with Crippen molar-refractivity contribution in [2.45, 2.75) is 38.1 Å². The summed E-state index contributed by atoms with van der Waals surface area (Å²) in [5.74, 6) is 1.94. The predicted molar refractivity (Wildman–Crippen MR) is 110 cm³/mol. The molecule has 3 aromatic heterocycles. The van der Waals surface area contributed by atoms with Gasteiger partial charge in [-0.1, -0.05) is 6.58 Å². The number of aromatic nitrogens is 5. The van der Waals surface area contributed by atoms with E-state index in [1.54, 1.807) is 10.9 Å². The largest absolute Gasteiger partial charge is 0.365 e. The molecule has 1 fully saturated rings. The fourth-order valence-corrected chi connectivity index (χ4v) is 3.79. The maximum absolute atomic E-state index is 11.6. The second kappa shape index (κ2) is 7.84. The molecule has 8 heteroatoms. The molecule has 1 aliphatic rings. The van der Waals surface area contributed by atoms with Crippen LogP contribution < -0.4 is 10.6 Å². The third kappa shape index (κ3) is 4.05. The van der Waals surface area contributed by atoms with Gasteiger partial charge in [0.2, 0.25) is 5.95 Å².